The number of aromatic nitrogens is 2. The van der Waals surface area contributed by atoms with Crippen LogP contribution in [0.15, 0.2) is 52.4 Å². The Bertz CT molecular complexity index is 1150. The van der Waals surface area contributed by atoms with Crippen LogP contribution in [0.3, 0.4) is 0 Å². The summed E-state index contributed by atoms with van der Waals surface area (Å²) in [5.41, 5.74) is 3.43. The number of hydrogen-bond acceptors (Lipinski definition) is 5. The van der Waals surface area contributed by atoms with Gasteiger partial charge in [-0.2, -0.15) is 10.5 Å². The van der Waals surface area contributed by atoms with E-state index < -0.39 is 0 Å². The monoisotopic (exact) mass is 388 g/mol. The normalized spacial score (nSPS) is 11.7. The molecule has 0 fully saturated rings. The third-order valence-electron chi connectivity index (χ3n) is 4.54. The number of nitrogens with zero attached hydrogens (tertiary/aromatic N) is 4. The van der Waals surface area contributed by atoms with Gasteiger partial charge in [0.25, 0.3) is 5.56 Å². The summed E-state index contributed by atoms with van der Waals surface area (Å²) in [6.07, 6.45) is 0.856. The lowest BCUT2D eigenvalue weighted by molar-refractivity contribution is 0.682. The Kier molecular flexibility index (Phi) is 6.13. The van der Waals surface area contributed by atoms with Crippen molar-refractivity contribution in [1.82, 2.24) is 9.55 Å². The fourth-order valence-electron chi connectivity index (χ4n) is 3.08. The van der Waals surface area contributed by atoms with Crippen molar-refractivity contribution in [3.05, 3.63) is 63.9 Å². The highest BCUT2D eigenvalue weighted by Crippen LogP contribution is 2.26. The van der Waals surface area contributed by atoms with Crippen LogP contribution in [0.1, 0.15) is 24.0 Å². The standard InChI is InChI=1S/C22H20N4OS/c1-15-9-10-20(16(2)12-15)26-21(27)18-7-3-4-8-19(18)25-22(26)28-14-17(13-24)6-5-11-23/h3-4,7-10,12,17H,5-6,14H2,1-2H3/t17-/m1/s1. The molecule has 140 valence electrons. The Morgan fingerprint density at radius 3 is 2.68 bits per heavy atom. The quantitative estimate of drug-likeness (QED) is 0.457. The van der Waals surface area contributed by atoms with Crippen molar-refractivity contribution in [3.8, 4) is 17.8 Å². The minimum absolute atomic E-state index is 0.120. The largest absolute Gasteiger partial charge is 0.268 e. The molecule has 0 N–H and O–H groups in total. The molecule has 0 radical (unpaired) electrons. The van der Waals surface area contributed by atoms with Gasteiger partial charge in [-0.1, -0.05) is 41.6 Å². The van der Waals surface area contributed by atoms with Gasteiger partial charge in [0.05, 0.1) is 34.6 Å². The van der Waals surface area contributed by atoms with Gasteiger partial charge in [0, 0.05) is 12.2 Å². The summed E-state index contributed by atoms with van der Waals surface area (Å²) in [5.74, 6) is 0.217. The first-order valence-electron chi connectivity index (χ1n) is 9.04. The number of thioether (sulfide) groups is 1. The smallest absolute Gasteiger partial charge is 0.266 e. The topological polar surface area (TPSA) is 82.5 Å². The van der Waals surface area contributed by atoms with Gasteiger partial charge in [0.1, 0.15) is 0 Å². The van der Waals surface area contributed by atoms with Crippen molar-refractivity contribution in [3.63, 3.8) is 0 Å². The Morgan fingerprint density at radius 2 is 1.96 bits per heavy atom. The van der Waals surface area contributed by atoms with Crippen LogP contribution in [-0.2, 0) is 0 Å². The lowest BCUT2D eigenvalue weighted by Crippen LogP contribution is -2.23. The predicted molar refractivity (Wildman–Crippen MR) is 111 cm³/mol. The molecule has 3 rings (SSSR count). The fraction of sp³-hybridized carbons (Fsp3) is 0.273. The van der Waals surface area contributed by atoms with Gasteiger partial charge in [0.2, 0.25) is 0 Å². The fourth-order valence-corrected chi connectivity index (χ4v) is 4.14. The van der Waals surface area contributed by atoms with Crippen LogP contribution < -0.4 is 5.56 Å². The molecule has 1 aromatic heterocycles. The van der Waals surface area contributed by atoms with E-state index in [4.69, 9.17) is 10.2 Å². The number of hydrogen-bond donors (Lipinski definition) is 0. The van der Waals surface area contributed by atoms with E-state index in [0.717, 1.165) is 16.8 Å². The van der Waals surface area contributed by atoms with Crippen LogP contribution in [0.4, 0.5) is 0 Å². The van der Waals surface area contributed by atoms with E-state index in [9.17, 15) is 10.1 Å². The molecule has 0 amide bonds. The first kappa shape index (κ1) is 19.7. The van der Waals surface area contributed by atoms with E-state index in [1.165, 1.54) is 11.8 Å². The zero-order valence-corrected chi connectivity index (χ0v) is 16.7. The average Bonchev–Trinajstić information content (AvgIpc) is 2.69. The minimum atomic E-state index is -0.263. The molecular weight excluding hydrogens is 368 g/mol. The maximum Gasteiger partial charge on any atom is 0.266 e. The Labute approximate surface area is 168 Å². The summed E-state index contributed by atoms with van der Waals surface area (Å²) in [6, 6.07) is 17.6. The van der Waals surface area contributed by atoms with Crippen LogP contribution in [0, 0.1) is 42.4 Å². The third kappa shape index (κ3) is 4.08. The lowest BCUT2D eigenvalue weighted by atomic mass is 10.1. The molecule has 28 heavy (non-hydrogen) atoms. The number of para-hydroxylation sites is 1. The maximum absolute atomic E-state index is 13.3. The van der Waals surface area contributed by atoms with Crippen molar-refractivity contribution in [1.29, 1.82) is 10.5 Å². The van der Waals surface area contributed by atoms with E-state index in [1.807, 2.05) is 50.2 Å². The molecule has 0 spiro atoms. The molecule has 1 atom stereocenters. The molecule has 0 bridgehead atoms. The summed E-state index contributed by atoms with van der Waals surface area (Å²) in [7, 11) is 0. The molecule has 0 saturated heterocycles. The predicted octanol–water partition coefficient (Wildman–Crippen LogP) is 4.54. The molecule has 0 saturated carbocycles. The van der Waals surface area contributed by atoms with Gasteiger partial charge in [0.15, 0.2) is 5.16 Å². The number of fused-ring (bicyclic) bond motifs is 1. The van der Waals surface area contributed by atoms with Gasteiger partial charge < -0.3 is 0 Å². The van der Waals surface area contributed by atoms with E-state index in [0.29, 0.717) is 34.7 Å². The van der Waals surface area contributed by atoms with E-state index >= 15 is 0 Å². The SMILES string of the molecule is Cc1ccc(-n2c(SC[C@@H](C#N)CCC#N)nc3ccccc3c2=O)c(C)c1. The zero-order chi connectivity index (χ0) is 20.1. The molecule has 0 aliphatic heterocycles. The maximum atomic E-state index is 13.3. The van der Waals surface area contributed by atoms with Crippen LogP contribution in [0.5, 0.6) is 0 Å². The molecule has 3 aromatic rings. The summed E-state index contributed by atoms with van der Waals surface area (Å²) >= 11 is 1.39. The van der Waals surface area contributed by atoms with E-state index in [-0.39, 0.29) is 11.5 Å². The highest BCUT2D eigenvalue weighted by Gasteiger charge is 2.17. The van der Waals surface area contributed by atoms with Crippen LogP contribution >= 0.6 is 11.8 Å². The molecule has 0 unspecified atom stereocenters. The first-order chi connectivity index (χ1) is 13.5. The Balaban J connectivity index is 2.11. The second-order valence-corrected chi connectivity index (χ2v) is 7.66. The van der Waals surface area contributed by atoms with Gasteiger partial charge in [-0.25, -0.2) is 4.98 Å². The molecule has 6 heteroatoms. The lowest BCUT2D eigenvalue weighted by Gasteiger charge is -2.16. The average molecular weight is 388 g/mol. The first-order valence-corrected chi connectivity index (χ1v) is 10.0. The van der Waals surface area contributed by atoms with E-state index in [2.05, 4.69) is 12.1 Å². The third-order valence-corrected chi connectivity index (χ3v) is 5.64. The second-order valence-electron chi connectivity index (χ2n) is 6.68. The van der Waals surface area contributed by atoms with Crippen molar-refractivity contribution in [2.75, 3.05) is 5.75 Å². The minimum Gasteiger partial charge on any atom is -0.268 e. The molecule has 5 nitrogen and oxygen atoms in total. The number of rotatable bonds is 6. The van der Waals surface area contributed by atoms with Gasteiger partial charge in [-0.05, 0) is 44.0 Å². The highest BCUT2D eigenvalue weighted by atomic mass is 32.2. The summed E-state index contributed by atoms with van der Waals surface area (Å²) in [6.45, 7) is 3.99. The Morgan fingerprint density at radius 1 is 1.18 bits per heavy atom. The Hall–Kier alpha value is -3.09. The number of benzene rings is 2. The molecule has 1 heterocycles. The summed E-state index contributed by atoms with van der Waals surface area (Å²) in [4.78, 5) is 18.0. The molecular formula is C22H20N4OS. The van der Waals surface area contributed by atoms with Gasteiger partial charge >= 0.3 is 0 Å². The van der Waals surface area contributed by atoms with E-state index in [1.54, 1.807) is 10.6 Å². The summed E-state index contributed by atoms with van der Waals surface area (Å²) in [5, 5.41) is 19.3. The number of nitriles is 2. The van der Waals surface area contributed by atoms with Crippen LogP contribution in [-0.4, -0.2) is 15.3 Å². The van der Waals surface area contributed by atoms with Crippen molar-refractivity contribution in [2.24, 2.45) is 5.92 Å². The van der Waals surface area contributed by atoms with Crippen LogP contribution in [0.25, 0.3) is 16.6 Å². The summed E-state index contributed by atoms with van der Waals surface area (Å²) < 4.78 is 1.64. The van der Waals surface area contributed by atoms with Crippen molar-refractivity contribution < 1.29 is 0 Å². The molecule has 0 aliphatic carbocycles. The van der Waals surface area contributed by atoms with Crippen molar-refractivity contribution in [2.45, 2.75) is 31.8 Å². The zero-order valence-electron chi connectivity index (χ0n) is 15.8. The second kappa shape index (κ2) is 8.73. The molecule has 0 aliphatic rings. The van der Waals surface area contributed by atoms with Crippen molar-refractivity contribution >= 4 is 22.7 Å². The van der Waals surface area contributed by atoms with Gasteiger partial charge in [-0.3, -0.25) is 9.36 Å². The van der Waals surface area contributed by atoms with Crippen LogP contribution in [0.2, 0.25) is 0 Å². The number of aryl methyl sites for hydroxylation is 2. The van der Waals surface area contributed by atoms with Gasteiger partial charge in [-0.15, -0.1) is 0 Å². The molecule has 2 aromatic carbocycles. The highest BCUT2D eigenvalue weighted by molar-refractivity contribution is 7.99.